The summed E-state index contributed by atoms with van der Waals surface area (Å²) in [5.74, 6) is 0. The number of fused-ring (bicyclic) bond motifs is 13. The van der Waals surface area contributed by atoms with E-state index in [2.05, 4.69) is 233 Å². The minimum absolute atomic E-state index is 0.249. The number of hydrogen-bond acceptors (Lipinski definition) is 2. The maximum Gasteiger partial charge on any atom is 0.0540 e. The van der Waals surface area contributed by atoms with E-state index in [0.29, 0.717) is 10.8 Å². The zero-order valence-corrected chi connectivity index (χ0v) is 50.4. The second-order valence-corrected chi connectivity index (χ2v) is 26.9. The van der Waals surface area contributed by atoms with Crippen LogP contribution in [0.25, 0.3) is 43.8 Å². The summed E-state index contributed by atoms with van der Waals surface area (Å²) < 4.78 is 0. The highest BCUT2D eigenvalue weighted by molar-refractivity contribution is 6.13. The lowest BCUT2D eigenvalue weighted by molar-refractivity contribution is 0.483. The van der Waals surface area contributed by atoms with Crippen LogP contribution in [0.2, 0.25) is 0 Å². The molecule has 2 saturated carbocycles. The first-order chi connectivity index (χ1) is 40.0. The normalized spacial score (nSPS) is 21.1. The van der Waals surface area contributed by atoms with Gasteiger partial charge in [0.2, 0.25) is 0 Å². The number of hydrogen-bond donors (Lipinski definition) is 0. The molecule has 4 aliphatic rings. The molecule has 0 aliphatic heterocycles. The van der Waals surface area contributed by atoms with E-state index >= 15 is 0 Å². The van der Waals surface area contributed by atoms with Crippen LogP contribution in [0.15, 0.2) is 182 Å². The Morgan fingerprint density at radius 1 is 0.317 bits per heavy atom. The van der Waals surface area contributed by atoms with E-state index in [-0.39, 0.29) is 10.8 Å². The van der Waals surface area contributed by atoms with Crippen LogP contribution in [0.4, 0.5) is 34.1 Å². The first-order valence-electron chi connectivity index (χ1n) is 32.2. The van der Waals surface area contributed by atoms with Crippen LogP contribution in [0.5, 0.6) is 0 Å². The number of unbranched alkanes of at least 4 members (excludes halogenated alkanes) is 10. The van der Waals surface area contributed by atoms with E-state index in [1.54, 1.807) is 33.4 Å². The van der Waals surface area contributed by atoms with Crippen LogP contribution in [0, 0.1) is 0 Å². The molecule has 0 N–H and O–H groups in total. The Morgan fingerprint density at radius 3 is 1.10 bits per heavy atom. The van der Waals surface area contributed by atoms with Gasteiger partial charge in [-0.3, -0.25) is 0 Å². The second kappa shape index (κ2) is 22.4. The van der Waals surface area contributed by atoms with E-state index in [1.165, 1.54) is 193 Å². The zero-order valence-electron chi connectivity index (χ0n) is 50.4. The van der Waals surface area contributed by atoms with Crippen molar-refractivity contribution in [3.63, 3.8) is 0 Å². The molecule has 0 amide bonds. The monoisotopic (exact) mass is 1080 g/mol. The number of anilines is 6. The van der Waals surface area contributed by atoms with E-state index in [1.807, 2.05) is 0 Å². The molecule has 82 heavy (non-hydrogen) atoms. The number of benzene rings is 9. The SMILES string of the molecule is CCCCCCCCc1c(CCCCCCCC)c2cc(N(c3ccccc3)c3ccccc3-c3ccc4c(c3)C3(C)CCC4(C)C3)ccc2c2ccc(N(c3ccccc3)c3ccccc3-c3ccc4c(c3)C3(C)CCC4(C)C3)cc12. The Bertz CT molecular complexity index is 3530. The standard InChI is InChI=1S/C80H88N2/c1-7-9-11-13-15-23-35-65-66(36-24-16-14-12-10-8-2)70-54-62(82(60-31-21-18-22-32-60)76-38-28-26-34-64(76)58-40-46-72-74(52-58)80(6)50-48-78(72,4)56-80)42-44-68(70)67-43-41-61(53-69(65)67)81(59-29-19-17-20-30-59)75-37-27-25-33-63(75)57-39-45-71-73(51-57)79(5)49-47-77(71,3)55-79/h17-22,25-34,37-46,51-54H,7-16,23-24,35-36,47-50,55-56H2,1-6H3. The van der Waals surface area contributed by atoms with Crippen LogP contribution in [-0.2, 0) is 34.5 Å². The van der Waals surface area contributed by atoms with Crippen molar-refractivity contribution in [1.29, 1.82) is 0 Å². The number of nitrogens with zero attached hydrogens (tertiary/aromatic N) is 2. The van der Waals surface area contributed by atoms with E-state index in [0.717, 1.165) is 12.8 Å². The minimum Gasteiger partial charge on any atom is -0.310 e. The van der Waals surface area contributed by atoms with Gasteiger partial charge in [0.15, 0.2) is 0 Å². The van der Waals surface area contributed by atoms with Gasteiger partial charge in [-0.1, -0.05) is 227 Å². The van der Waals surface area contributed by atoms with Crippen LogP contribution in [-0.4, -0.2) is 0 Å². The molecule has 4 aliphatic carbocycles. The molecule has 0 aromatic heterocycles. The van der Waals surface area contributed by atoms with Gasteiger partial charge in [0.1, 0.15) is 0 Å². The fourth-order valence-corrected chi connectivity index (χ4v) is 16.8. The summed E-state index contributed by atoms with van der Waals surface area (Å²) in [6.45, 7) is 14.7. The van der Waals surface area contributed by atoms with E-state index in [9.17, 15) is 0 Å². The molecule has 2 heteroatoms. The van der Waals surface area contributed by atoms with Crippen LogP contribution >= 0.6 is 0 Å². The topological polar surface area (TPSA) is 6.48 Å². The minimum atomic E-state index is 0.249. The molecule has 4 bridgehead atoms. The van der Waals surface area contributed by atoms with Crippen molar-refractivity contribution < 1.29 is 0 Å². The van der Waals surface area contributed by atoms with Gasteiger partial charge in [0.25, 0.3) is 0 Å². The summed E-state index contributed by atoms with van der Waals surface area (Å²) >= 11 is 0. The molecule has 0 radical (unpaired) electrons. The molecule has 0 spiro atoms. The summed E-state index contributed by atoms with van der Waals surface area (Å²) in [6, 6.07) is 70.8. The molecular weight excluding hydrogens is 989 g/mol. The number of aryl methyl sites for hydroxylation is 2. The molecule has 4 atom stereocenters. The van der Waals surface area contributed by atoms with Gasteiger partial charge < -0.3 is 9.80 Å². The van der Waals surface area contributed by atoms with Crippen molar-refractivity contribution in [2.24, 2.45) is 0 Å². The molecule has 0 heterocycles. The first-order valence-corrected chi connectivity index (χ1v) is 32.2. The lowest BCUT2D eigenvalue weighted by atomic mass is 9.77. The molecule has 418 valence electrons. The van der Waals surface area contributed by atoms with Gasteiger partial charge in [0.05, 0.1) is 11.4 Å². The molecule has 9 aromatic carbocycles. The van der Waals surface area contributed by atoms with Crippen molar-refractivity contribution in [3.8, 4) is 22.3 Å². The highest BCUT2D eigenvalue weighted by Crippen LogP contribution is 2.62. The maximum atomic E-state index is 2.60. The predicted molar refractivity (Wildman–Crippen MR) is 353 cm³/mol. The lowest BCUT2D eigenvalue weighted by Gasteiger charge is -2.31. The highest BCUT2D eigenvalue weighted by atomic mass is 15.2. The number of rotatable bonds is 22. The largest absolute Gasteiger partial charge is 0.310 e. The Hall–Kier alpha value is -6.90. The van der Waals surface area contributed by atoms with Gasteiger partial charge in [-0.05, 0) is 213 Å². The Balaban J connectivity index is 0.982. The van der Waals surface area contributed by atoms with Crippen LogP contribution < -0.4 is 9.80 Å². The molecule has 9 aromatic rings. The predicted octanol–water partition coefficient (Wildman–Crippen LogP) is 23.5. The Kier molecular flexibility index (Phi) is 14.8. The van der Waals surface area contributed by atoms with Gasteiger partial charge in [0, 0.05) is 33.9 Å². The van der Waals surface area contributed by atoms with Crippen LogP contribution in [0.3, 0.4) is 0 Å². The van der Waals surface area contributed by atoms with E-state index < -0.39 is 0 Å². The molecule has 4 unspecified atom stereocenters. The van der Waals surface area contributed by atoms with Crippen molar-refractivity contribution >= 4 is 55.7 Å². The van der Waals surface area contributed by atoms with Crippen molar-refractivity contribution in [2.45, 2.75) is 192 Å². The highest BCUT2D eigenvalue weighted by Gasteiger charge is 2.54. The third-order valence-electron chi connectivity index (χ3n) is 21.0. The molecular formula is C80H88N2. The smallest absolute Gasteiger partial charge is 0.0540 e. The fraction of sp³-hybridized carbons (Fsp3) is 0.375. The summed E-state index contributed by atoms with van der Waals surface area (Å²) in [6.07, 6.45) is 25.2. The third-order valence-corrected chi connectivity index (χ3v) is 21.0. The molecule has 13 rings (SSSR count). The van der Waals surface area contributed by atoms with Gasteiger partial charge in [-0.2, -0.15) is 0 Å². The fourth-order valence-electron chi connectivity index (χ4n) is 16.8. The summed E-state index contributed by atoms with van der Waals surface area (Å²) in [4.78, 5) is 5.13. The molecule has 2 fully saturated rings. The summed E-state index contributed by atoms with van der Waals surface area (Å²) in [5.41, 5.74) is 22.9. The zero-order chi connectivity index (χ0) is 56.1. The van der Waals surface area contributed by atoms with Gasteiger partial charge in [-0.15, -0.1) is 0 Å². The van der Waals surface area contributed by atoms with E-state index in [4.69, 9.17) is 0 Å². The molecule has 2 nitrogen and oxygen atoms in total. The quantitative estimate of drug-likeness (QED) is 0.0493. The summed E-state index contributed by atoms with van der Waals surface area (Å²) in [5, 5.41) is 5.55. The summed E-state index contributed by atoms with van der Waals surface area (Å²) in [7, 11) is 0. The maximum absolute atomic E-state index is 2.60. The van der Waals surface area contributed by atoms with Crippen molar-refractivity contribution in [1.82, 2.24) is 0 Å². The average molecular weight is 1080 g/mol. The van der Waals surface area contributed by atoms with Crippen LogP contribution in [0.1, 0.15) is 190 Å². The van der Waals surface area contributed by atoms with Crippen molar-refractivity contribution in [2.75, 3.05) is 9.80 Å². The number of para-hydroxylation sites is 4. The lowest BCUT2D eigenvalue weighted by Crippen LogP contribution is -2.18. The van der Waals surface area contributed by atoms with Crippen molar-refractivity contribution in [3.05, 3.63) is 215 Å². The Labute approximate surface area is 492 Å². The second-order valence-electron chi connectivity index (χ2n) is 26.9. The third kappa shape index (κ3) is 9.78. The molecule has 0 saturated heterocycles. The van der Waals surface area contributed by atoms with Gasteiger partial charge in [-0.25, -0.2) is 0 Å². The van der Waals surface area contributed by atoms with Gasteiger partial charge >= 0.3 is 0 Å². The average Bonchev–Trinajstić information content (AvgIpc) is 2.88. The first kappa shape index (κ1) is 54.4. The Morgan fingerprint density at radius 2 is 0.683 bits per heavy atom.